The number of benzene rings is 2. The molecule has 0 amide bonds. The number of aromatic nitrogens is 6. The lowest BCUT2D eigenvalue weighted by atomic mass is 10.1. The van der Waals surface area contributed by atoms with Crippen molar-refractivity contribution in [3.8, 4) is 0 Å². The van der Waals surface area contributed by atoms with Crippen LogP contribution in [0.25, 0.3) is 12.2 Å². The number of nitrogens with two attached hydrogens (primary N) is 2. The Morgan fingerprint density at radius 1 is 0.625 bits per heavy atom. The maximum absolute atomic E-state index is 11.3. The highest BCUT2D eigenvalue weighted by molar-refractivity contribution is 5.72. The minimum atomic E-state index is -0.668. The highest BCUT2D eigenvalue weighted by Crippen LogP contribution is 2.17. The lowest BCUT2D eigenvalue weighted by molar-refractivity contribution is 1.01. The monoisotopic (exact) mass is 430 g/mol. The van der Waals surface area contributed by atoms with Crippen molar-refractivity contribution in [3.05, 3.63) is 80.6 Å². The Morgan fingerprint density at radius 3 is 1.34 bits per heavy atom. The van der Waals surface area contributed by atoms with E-state index in [9.17, 15) is 9.59 Å². The molecule has 0 saturated heterocycles. The van der Waals surface area contributed by atoms with Gasteiger partial charge in [-0.3, -0.25) is 9.97 Å². The number of nitrogens with zero attached hydrogens (tertiary/aromatic N) is 4. The number of hydrogen-bond acceptors (Lipinski definition) is 10. The molecule has 4 aromatic rings. The standard InChI is InChI=1S/C20H18N10O2/c21-15-25-17(29-19(31)27-15)23-13-7-3-11(4-8-13)1-2-12-5-9-14(10-6-12)24-18-26-16(22)28-20(32)30-18/h1-10H,(H4,21,23,25,27,29,31)(H4,22,24,26,28,30,32). The van der Waals surface area contributed by atoms with Gasteiger partial charge in [0.05, 0.1) is 0 Å². The molecule has 4 rings (SSSR count). The quantitative estimate of drug-likeness (QED) is 0.244. The number of nitrogen functional groups attached to an aromatic ring is 2. The Hall–Kier alpha value is -5.00. The first kappa shape index (κ1) is 20.3. The predicted octanol–water partition coefficient (Wildman–Crippen LogP) is 1.47. The van der Waals surface area contributed by atoms with E-state index in [4.69, 9.17) is 11.5 Å². The SMILES string of the molecule is Nc1nc(=O)nc(Nc2ccc(C=Cc3ccc(Nc4nc(=O)nc(N)[nH]4)cc3)cc2)[nH]1. The van der Waals surface area contributed by atoms with E-state index >= 15 is 0 Å². The number of hydrogen-bond donors (Lipinski definition) is 6. The van der Waals surface area contributed by atoms with Gasteiger partial charge in [0, 0.05) is 11.4 Å². The van der Waals surface area contributed by atoms with Crippen molar-refractivity contribution in [2.75, 3.05) is 22.1 Å². The van der Waals surface area contributed by atoms with Gasteiger partial charge in [-0.15, -0.1) is 0 Å². The Kier molecular flexibility index (Phi) is 5.57. The lowest BCUT2D eigenvalue weighted by Gasteiger charge is -2.06. The van der Waals surface area contributed by atoms with Crippen molar-refractivity contribution in [2.45, 2.75) is 0 Å². The average Bonchev–Trinajstić information content (AvgIpc) is 2.73. The molecule has 12 nitrogen and oxygen atoms in total. The van der Waals surface area contributed by atoms with Gasteiger partial charge in [-0.1, -0.05) is 36.4 Å². The van der Waals surface area contributed by atoms with E-state index in [2.05, 4.69) is 40.5 Å². The van der Waals surface area contributed by atoms with E-state index in [1.165, 1.54) is 0 Å². The van der Waals surface area contributed by atoms with E-state index in [0.29, 0.717) is 0 Å². The molecule has 32 heavy (non-hydrogen) atoms. The molecule has 0 aliphatic heterocycles. The Balaban J connectivity index is 1.39. The second-order valence-electron chi connectivity index (χ2n) is 6.56. The van der Waals surface area contributed by atoms with Crippen LogP contribution in [0.1, 0.15) is 11.1 Å². The molecule has 8 N–H and O–H groups in total. The summed E-state index contributed by atoms with van der Waals surface area (Å²) in [5.41, 5.74) is 13.1. The number of aromatic amines is 2. The van der Waals surface area contributed by atoms with E-state index in [0.717, 1.165) is 22.5 Å². The van der Waals surface area contributed by atoms with Gasteiger partial charge in [0.2, 0.25) is 23.8 Å². The minimum absolute atomic E-state index is 0.0114. The summed E-state index contributed by atoms with van der Waals surface area (Å²) in [6.45, 7) is 0. The fourth-order valence-corrected chi connectivity index (χ4v) is 2.74. The predicted molar refractivity (Wildman–Crippen MR) is 123 cm³/mol. The molecule has 0 spiro atoms. The average molecular weight is 430 g/mol. The molecule has 0 aliphatic carbocycles. The van der Waals surface area contributed by atoms with Crippen LogP contribution in [0.3, 0.4) is 0 Å². The first-order valence-corrected chi connectivity index (χ1v) is 9.33. The maximum Gasteiger partial charge on any atom is 0.373 e. The van der Waals surface area contributed by atoms with Gasteiger partial charge in [-0.25, -0.2) is 9.59 Å². The van der Waals surface area contributed by atoms with Gasteiger partial charge < -0.3 is 22.1 Å². The van der Waals surface area contributed by atoms with Crippen LogP contribution in [-0.2, 0) is 0 Å². The Morgan fingerprint density at radius 2 is 1.00 bits per heavy atom. The molecule has 2 aromatic carbocycles. The van der Waals surface area contributed by atoms with Crippen LogP contribution >= 0.6 is 0 Å². The van der Waals surface area contributed by atoms with Gasteiger partial charge in [-0.05, 0) is 35.4 Å². The van der Waals surface area contributed by atoms with Gasteiger partial charge in [0.1, 0.15) is 0 Å². The molecular formula is C20H18N10O2. The summed E-state index contributed by atoms with van der Waals surface area (Å²) in [5.74, 6) is 0.409. The van der Waals surface area contributed by atoms with Crippen molar-refractivity contribution in [1.29, 1.82) is 0 Å². The van der Waals surface area contributed by atoms with E-state index in [1.54, 1.807) is 0 Å². The zero-order chi connectivity index (χ0) is 22.5. The summed E-state index contributed by atoms with van der Waals surface area (Å²) >= 11 is 0. The molecule has 0 unspecified atom stereocenters. The fraction of sp³-hybridized carbons (Fsp3) is 0. The highest BCUT2D eigenvalue weighted by Gasteiger charge is 2.02. The van der Waals surface area contributed by atoms with E-state index < -0.39 is 11.4 Å². The molecule has 2 aromatic heterocycles. The molecule has 0 bridgehead atoms. The summed E-state index contributed by atoms with van der Waals surface area (Å²) in [4.78, 5) is 42.3. The van der Waals surface area contributed by atoms with Crippen molar-refractivity contribution in [1.82, 2.24) is 29.9 Å². The second kappa shape index (κ2) is 8.79. The normalized spacial score (nSPS) is 10.9. The third-order valence-electron chi connectivity index (χ3n) is 4.16. The van der Waals surface area contributed by atoms with Crippen LogP contribution in [0.4, 0.5) is 35.2 Å². The summed E-state index contributed by atoms with van der Waals surface area (Å²) in [6.07, 6.45) is 3.92. The number of rotatable bonds is 6. The van der Waals surface area contributed by atoms with Crippen molar-refractivity contribution < 1.29 is 0 Å². The molecule has 0 aliphatic rings. The smallest absolute Gasteiger partial charge is 0.369 e. The zero-order valence-corrected chi connectivity index (χ0v) is 16.5. The van der Waals surface area contributed by atoms with Crippen molar-refractivity contribution in [3.63, 3.8) is 0 Å². The molecule has 0 atom stereocenters. The number of H-pyrrole nitrogens is 2. The topological polar surface area (TPSA) is 193 Å². The van der Waals surface area contributed by atoms with Crippen LogP contribution in [0.15, 0.2) is 58.1 Å². The fourth-order valence-electron chi connectivity index (χ4n) is 2.74. The summed E-state index contributed by atoms with van der Waals surface area (Å²) < 4.78 is 0. The molecule has 0 saturated carbocycles. The first-order valence-electron chi connectivity index (χ1n) is 9.33. The van der Waals surface area contributed by atoms with Crippen LogP contribution < -0.4 is 33.5 Å². The molecule has 12 heteroatoms. The largest absolute Gasteiger partial charge is 0.373 e. The van der Waals surface area contributed by atoms with Gasteiger partial charge in [0.25, 0.3) is 0 Å². The summed E-state index contributed by atoms with van der Waals surface area (Å²) in [7, 11) is 0. The molecule has 2 heterocycles. The first-order chi connectivity index (χ1) is 15.4. The van der Waals surface area contributed by atoms with Gasteiger partial charge in [-0.2, -0.15) is 19.9 Å². The summed E-state index contributed by atoms with van der Waals surface area (Å²) in [6, 6.07) is 15.0. The van der Waals surface area contributed by atoms with E-state index in [1.807, 2.05) is 60.7 Å². The molecular weight excluding hydrogens is 412 g/mol. The van der Waals surface area contributed by atoms with Gasteiger partial charge >= 0.3 is 11.4 Å². The minimum Gasteiger partial charge on any atom is -0.369 e. The number of anilines is 6. The lowest BCUT2D eigenvalue weighted by Crippen LogP contribution is -2.16. The summed E-state index contributed by atoms with van der Waals surface area (Å²) in [5, 5.41) is 5.93. The zero-order valence-electron chi connectivity index (χ0n) is 16.5. The third kappa shape index (κ3) is 5.33. The molecule has 0 fully saturated rings. The van der Waals surface area contributed by atoms with Crippen molar-refractivity contribution in [2.24, 2.45) is 0 Å². The van der Waals surface area contributed by atoms with Crippen LogP contribution in [-0.4, -0.2) is 29.9 Å². The Labute approximate surface area is 180 Å². The van der Waals surface area contributed by atoms with E-state index in [-0.39, 0.29) is 23.8 Å². The van der Waals surface area contributed by atoms with Crippen LogP contribution in [0.2, 0.25) is 0 Å². The second-order valence-corrected chi connectivity index (χ2v) is 6.56. The molecule has 160 valence electrons. The van der Waals surface area contributed by atoms with Crippen LogP contribution in [0.5, 0.6) is 0 Å². The maximum atomic E-state index is 11.3. The molecule has 0 radical (unpaired) electrons. The highest BCUT2D eigenvalue weighted by atomic mass is 16.1. The third-order valence-corrected chi connectivity index (χ3v) is 4.16. The van der Waals surface area contributed by atoms with Gasteiger partial charge in [0.15, 0.2) is 0 Å². The van der Waals surface area contributed by atoms with Crippen molar-refractivity contribution >= 4 is 47.3 Å². The van der Waals surface area contributed by atoms with Crippen LogP contribution in [0, 0.1) is 0 Å². The number of nitrogens with one attached hydrogen (secondary N) is 4. The Bertz CT molecular complexity index is 1270.